The first kappa shape index (κ1) is 11.5. The van der Waals surface area contributed by atoms with Crippen molar-refractivity contribution in [1.82, 2.24) is 20.1 Å². The molecule has 17 heavy (non-hydrogen) atoms. The molecule has 0 aliphatic rings. The molecule has 0 aromatic carbocycles. The highest BCUT2D eigenvalue weighted by Gasteiger charge is 2.07. The number of aromatic nitrogens is 3. The summed E-state index contributed by atoms with van der Waals surface area (Å²) in [5.41, 5.74) is 0. The van der Waals surface area contributed by atoms with Crippen LogP contribution < -0.4 is 0 Å². The van der Waals surface area contributed by atoms with Crippen LogP contribution in [0, 0.1) is 0 Å². The first-order chi connectivity index (χ1) is 8.25. The van der Waals surface area contributed by atoms with Crippen molar-refractivity contribution in [3.05, 3.63) is 40.6 Å². The minimum atomic E-state index is -0.0604. The molecule has 2 rings (SSSR count). The van der Waals surface area contributed by atoms with Crippen LogP contribution in [0.5, 0.6) is 0 Å². The molecule has 0 saturated carbocycles. The van der Waals surface area contributed by atoms with Crippen LogP contribution in [-0.4, -0.2) is 33.0 Å². The van der Waals surface area contributed by atoms with Gasteiger partial charge in [0.05, 0.1) is 6.54 Å². The lowest BCUT2D eigenvalue weighted by Gasteiger charge is -2.12. The van der Waals surface area contributed by atoms with Gasteiger partial charge in [0.2, 0.25) is 5.91 Å². The summed E-state index contributed by atoms with van der Waals surface area (Å²) in [6, 6.07) is 3.91. The molecule has 6 heteroatoms. The summed E-state index contributed by atoms with van der Waals surface area (Å²) < 4.78 is 0. The zero-order valence-corrected chi connectivity index (χ0v) is 10.1. The van der Waals surface area contributed by atoms with Crippen LogP contribution in [0.15, 0.2) is 29.9 Å². The second-order valence-corrected chi connectivity index (χ2v) is 4.45. The van der Waals surface area contributed by atoms with Gasteiger partial charge in [-0.3, -0.25) is 9.89 Å². The normalized spacial score (nSPS) is 10.9. The molecule has 0 aliphatic carbocycles. The first-order valence-electron chi connectivity index (χ1n) is 5.06. The Morgan fingerprint density at radius 1 is 1.65 bits per heavy atom. The fourth-order valence-electron chi connectivity index (χ4n) is 1.28. The second-order valence-electron chi connectivity index (χ2n) is 3.48. The van der Waals surface area contributed by atoms with E-state index in [2.05, 4.69) is 15.2 Å². The standard InChI is InChI=1S/C11H12N4OS/c1-15(7-10-12-8-13-14-10)11(16)5-4-9-3-2-6-17-9/h2-6,8H,7H2,1H3,(H,12,13,14). The molecule has 0 atom stereocenters. The maximum atomic E-state index is 11.7. The third-order valence-electron chi connectivity index (χ3n) is 2.16. The minimum Gasteiger partial charge on any atom is -0.335 e. The summed E-state index contributed by atoms with van der Waals surface area (Å²) in [6.45, 7) is 0.424. The molecule has 2 aromatic rings. The third-order valence-corrected chi connectivity index (χ3v) is 3.00. The molecule has 88 valence electrons. The summed E-state index contributed by atoms with van der Waals surface area (Å²) in [5, 5.41) is 8.42. The van der Waals surface area contributed by atoms with Gasteiger partial charge in [0.25, 0.3) is 0 Å². The van der Waals surface area contributed by atoms with Gasteiger partial charge >= 0.3 is 0 Å². The summed E-state index contributed by atoms with van der Waals surface area (Å²) in [6.07, 6.45) is 4.79. The smallest absolute Gasteiger partial charge is 0.246 e. The van der Waals surface area contributed by atoms with E-state index in [1.807, 2.05) is 23.6 Å². The van der Waals surface area contributed by atoms with Crippen LogP contribution in [0.1, 0.15) is 10.7 Å². The van der Waals surface area contributed by atoms with Gasteiger partial charge in [-0.25, -0.2) is 4.98 Å². The van der Waals surface area contributed by atoms with E-state index < -0.39 is 0 Å². The predicted octanol–water partition coefficient (Wildman–Crippen LogP) is 1.54. The van der Waals surface area contributed by atoms with Gasteiger partial charge in [-0.15, -0.1) is 11.3 Å². The van der Waals surface area contributed by atoms with Crippen LogP contribution in [-0.2, 0) is 11.3 Å². The number of amides is 1. The highest BCUT2D eigenvalue weighted by atomic mass is 32.1. The number of aromatic amines is 1. The van der Waals surface area contributed by atoms with E-state index >= 15 is 0 Å². The van der Waals surface area contributed by atoms with Crippen LogP contribution in [0.3, 0.4) is 0 Å². The van der Waals surface area contributed by atoms with Crippen molar-refractivity contribution >= 4 is 23.3 Å². The average molecular weight is 248 g/mol. The molecule has 0 radical (unpaired) electrons. The van der Waals surface area contributed by atoms with Crippen molar-refractivity contribution in [2.24, 2.45) is 0 Å². The fraction of sp³-hybridized carbons (Fsp3) is 0.182. The molecule has 0 fully saturated rings. The fourth-order valence-corrected chi connectivity index (χ4v) is 1.89. The number of likely N-dealkylation sites (N-methyl/N-ethyl adjacent to an activating group) is 1. The van der Waals surface area contributed by atoms with Gasteiger partial charge in [-0.05, 0) is 17.5 Å². The Hall–Kier alpha value is -1.95. The maximum Gasteiger partial charge on any atom is 0.246 e. The zero-order valence-electron chi connectivity index (χ0n) is 9.33. The van der Waals surface area contributed by atoms with Crippen LogP contribution >= 0.6 is 11.3 Å². The van der Waals surface area contributed by atoms with E-state index in [1.165, 1.54) is 6.33 Å². The highest BCUT2D eigenvalue weighted by molar-refractivity contribution is 7.10. The van der Waals surface area contributed by atoms with Crippen molar-refractivity contribution in [1.29, 1.82) is 0 Å². The Bertz CT molecular complexity index is 490. The van der Waals surface area contributed by atoms with Crippen LogP contribution in [0.25, 0.3) is 6.08 Å². The highest BCUT2D eigenvalue weighted by Crippen LogP contribution is 2.10. The lowest BCUT2D eigenvalue weighted by molar-refractivity contribution is -0.125. The van der Waals surface area contributed by atoms with E-state index in [4.69, 9.17) is 0 Å². The molecule has 2 heterocycles. The lowest BCUT2D eigenvalue weighted by atomic mass is 10.4. The minimum absolute atomic E-state index is 0.0604. The van der Waals surface area contributed by atoms with E-state index in [0.717, 1.165) is 4.88 Å². The number of H-pyrrole nitrogens is 1. The molecule has 5 nitrogen and oxygen atoms in total. The lowest BCUT2D eigenvalue weighted by Crippen LogP contribution is -2.24. The quantitative estimate of drug-likeness (QED) is 0.835. The molecule has 0 unspecified atom stereocenters. The molecule has 2 aromatic heterocycles. The molecular weight excluding hydrogens is 236 g/mol. The Balaban J connectivity index is 1.91. The number of carbonyl (C=O) groups excluding carboxylic acids is 1. The molecule has 1 N–H and O–H groups in total. The van der Waals surface area contributed by atoms with Crippen LogP contribution in [0.2, 0.25) is 0 Å². The molecule has 0 saturated heterocycles. The van der Waals surface area contributed by atoms with E-state index in [-0.39, 0.29) is 5.91 Å². The summed E-state index contributed by atoms with van der Waals surface area (Å²) in [5.74, 6) is 0.611. The second kappa shape index (κ2) is 5.40. The number of hydrogen-bond donors (Lipinski definition) is 1. The largest absolute Gasteiger partial charge is 0.335 e. The SMILES string of the molecule is CN(Cc1ncn[nH]1)C(=O)C=Cc1cccs1. The van der Waals surface area contributed by atoms with Gasteiger partial charge in [0.1, 0.15) is 12.2 Å². The number of thiophene rings is 1. The van der Waals surface area contributed by atoms with E-state index in [0.29, 0.717) is 12.4 Å². The Kier molecular flexibility index (Phi) is 3.66. The average Bonchev–Trinajstić information content (AvgIpc) is 2.98. The summed E-state index contributed by atoms with van der Waals surface area (Å²) in [7, 11) is 1.73. The third kappa shape index (κ3) is 3.25. The summed E-state index contributed by atoms with van der Waals surface area (Å²) in [4.78, 5) is 18.3. The summed E-state index contributed by atoms with van der Waals surface area (Å²) >= 11 is 1.60. The van der Waals surface area contributed by atoms with Gasteiger partial charge in [0, 0.05) is 18.0 Å². The van der Waals surface area contributed by atoms with Gasteiger partial charge in [0.15, 0.2) is 0 Å². The number of carbonyl (C=O) groups is 1. The van der Waals surface area contributed by atoms with Crippen LogP contribution in [0.4, 0.5) is 0 Å². The zero-order chi connectivity index (χ0) is 12.1. The van der Waals surface area contributed by atoms with Gasteiger partial charge in [-0.1, -0.05) is 6.07 Å². The monoisotopic (exact) mass is 248 g/mol. The molecule has 0 bridgehead atoms. The molecular formula is C11H12N4OS. The topological polar surface area (TPSA) is 61.9 Å². The van der Waals surface area contributed by atoms with Crippen molar-refractivity contribution in [3.8, 4) is 0 Å². The van der Waals surface area contributed by atoms with Crippen molar-refractivity contribution in [2.75, 3.05) is 7.05 Å². The van der Waals surface area contributed by atoms with E-state index in [9.17, 15) is 4.79 Å². The van der Waals surface area contributed by atoms with Gasteiger partial charge < -0.3 is 4.90 Å². The van der Waals surface area contributed by atoms with Gasteiger partial charge in [-0.2, -0.15) is 5.10 Å². The van der Waals surface area contributed by atoms with E-state index in [1.54, 1.807) is 29.4 Å². The Morgan fingerprint density at radius 3 is 3.18 bits per heavy atom. The molecule has 0 spiro atoms. The molecule has 1 amide bonds. The van der Waals surface area contributed by atoms with Crippen molar-refractivity contribution in [3.63, 3.8) is 0 Å². The number of rotatable bonds is 4. The number of hydrogen-bond acceptors (Lipinski definition) is 4. The number of nitrogens with zero attached hydrogens (tertiary/aromatic N) is 3. The maximum absolute atomic E-state index is 11.7. The predicted molar refractivity (Wildman–Crippen MR) is 66.2 cm³/mol. The number of nitrogens with one attached hydrogen (secondary N) is 1. The molecule has 0 aliphatic heterocycles. The van der Waals surface area contributed by atoms with Crippen molar-refractivity contribution in [2.45, 2.75) is 6.54 Å². The first-order valence-corrected chi connectivity index (χ1v) is 5.94. The Labute approximate surface area is 103 Å². The van der Waals surface area contributed by atoms with Crippen molar-refractivity contribution < 1.29 is 4.79 Å². The Morgan fingerprint density at radius 2 is 2.53 bits per heavy atom.